The summed E-state index contributed by atoms with van der Waals surface area (Å²) >= 11 is 0. The molecule has 0 unspecified atom stereocenters. The third kappa shape index (κ3) is 2.84. The molecule has 0 amide bonds. The summed E-state index contributed by atoms with van der Waals surface area (Å²) in [6, 6.07) is 12.2. The maximum atomic E-state index is 13.3. The van der Waals surface area contributed by atoms with E-state index >= 15 is 0 Å². The molecule has 106 valence electrons. The van der Waals surface area contributed by atoms with Gasteiger partial charge in [-0.25, -0.2) is 9.37 Å². The molecule has 0 fully saturated rings. The molecule has 3 nitrogen and oxygen atoms in total. The summed E-state index contributed by atoms with van der Waals surface area (Å²) in [6.07, 6.45) is 1.90. The van der Waals surface area contributed by atoms with E-state index in [1.165, 1.54) is 12.1 Å². The Balaban J connectivity index is 1.79. The fraction of sp³-hybridized carbons (Fsp3) is 0.176. The summed E-state index contributed by atoms with van der Waals surface area (Å²) < 4.78 is 15.1. The molecular weight excluding hydrogens is 267 g/mol. The van der Waals surface area contributed by atoms with Crippen molar-refractivity contribution in [2.75, 3.05) is 0 Å². The first-order chi connectivity index (χ1) is 10.1. The van der Waals surface area contributed by atoms with Gasteiger partial charge in [0.05, 0.1) is 23.9 Å². The lowest BCUT2D eigenvalue weighted by Gasteiger charge is -2.07. The number of nitrogens with zero attached hydrogens (tertiary/aromatic N) is 2. The van der Waals surface area contributed by atoms with Crippen molar-refractivity contribution in [3.05, 3.63) is 65.7 Å². The van der Waals surface area contributed by atoms with Crippen molar-refractivity contribution in [2.24, 2.45) is 0 Å². The van der Waals surface area contributed by atoms with Crippen molar-refractivity contribution in [3.63, 3.8) is 0 Å². The molecule has 1 heterocycles. The van der Waals surface area contributed by atoms with Gasteiger partial charge < -0.3 is 4.57 Å². The fourth-order valence-corrected chi connectivity index (χ4v) is 2.43. The van der Waals surface area contributed by atoms with Crippen LogP contribution in [0.15, 0.2) is 48.8 Å². The van der Waals surface area contributed by atoms with Gasteiger partial charge in [0.15, 0.2) is 5.78 Å². The van der Waals surface area contributed by atoms with Gasteiger partial charge in [-0.3, -0.25) is 4.79 Å². The highest BCUT2D eigenvalue weighted by molar-refractivity contribution is 5.83. The Hall–Kier alpha value is -2.49. The van der Waals surface area contributed by atoms with Crippen LogP contribution in [0.5, 0.6) is 0 Å². The number of aryl methyl sites for hydroxylation is 1. The molecule has 0 aliphatic rings. The van der Waals surface area contributed by atoms with E-state index in [2.05, 4.69) is 4.98 Å². The largest absolute Gasteiger partial charge is 0.323 e. The molecule has 0 saturated carbocycles. The Bertz CT molecular complexity index is 807. The summed E-state index contributed by atoms with van der Waals surface area (Å²) in [7, 11) is 0. The maximum Gasteiger partial charge on any atom is 0.156 e. The molecule has 0 atom stereocenters. The molecule has 0 spiro atoms. The van der Waals surface area contributed by atoms with Crippen LogP contribution in [0.3, 0.4) is 0 Å². The van der Waals surface area contributed by atoms with Crippen molar-refractivity contribution in [2.45, 2.75) is 19.9 Å². The number of halogens is 1. The van der Waals surface area contributed by atoms with Crippen LogP contribution in [-0.4, -0.2) is 15.3 Å². The van der Waals surface area contributed by atoms with E-state index in [4.69, 9.17) is 0 Å². The molecule has 4 heteroatoms. The first-order valence-corrected chi connectivity index (χ1v) is 6.80. The van der Waals surface area contributed by atoms with Crippen molar-refractivity contribution < 1.29 is 9.18 Å². The van der Waals surface area contributed by atoms with E-state index in [0.29, 0.717) is 0 Å². The van der Waals surface area contributed by atoms with Gasteiger partial charge in [-0.1, -0.05) is 18.2 Å². The van der Waals surface area contributed by atoms with Gasteiger partial charge in [0, 0.05) is 6.42 Å². The normalized spacial score (nSPS) is 11.0. The lowest BCUT2D eigenvalue weighted by atomic mass is 10.0. The summed E-state index contributed by atoms with van der Waals surface area (Å²) in [5.74, 6) is -0.275. The minimum Gasteiger partial charge on any atom is -0.323 e. The van der Waals surface area contributed by atoms with Crippen molar-refractivity contribution in [3.8, 4) is 0 Å². The van der Waals surface area contributed by atoms with Gasteiger partial charge in [-0.2, -0.15) is 0 Å². The summed E-state index contributed by atoms with van der Waals surface area (Å²) in [5.41, 5.74) is 3.47. The van der Waals surface area contributed by atoms with Gasteiger partial charge in [-0.15, -0.1) is 0 Å². The van der Waals surface area contributed by atoms with E-state index in [1.54, 1.807) is 12.4 Å². The minimum atomic E-state index is -0.309. The second-order valence-corrected chi connectivity index (χ2v) is 5.15. The number of aromatic nitrogens is 2. The van der Waals surface area contributed by atoms with Gasteiger partial charge in [0.2, 0.25) is 0 Å². The molecule has 0 aliphatic carbocycles. The van der Waals surface area contributed by atoms with Gasteiger partial charge in [-0.05, 0) is 42.3 Å². The molecule has 0 saturated heterocycles. The zero-order valence-electron chi connectivity index (χ0n) is 11.7. The third-order valence-corrected chi connectivity index (χ3v) is 3.57. The van der Waals surface area contributed by atoms with Crippen molar-refractivity contribution >= 4 is 16.8 Å². The van der Waals surface area contributed by atoms with Gasteiger partial charge in [0.1, 0.15) is 5.82 Å². The van der Waals surface area contributed by atoms with Gasteiger partial charge in [0.25, 0.3) is 0 Å². The number of hydrogen-bond acceptors (Lipinski definition) is 2. The van der Waals surface area contributed by atoms with Crippen LogP contribution in [0.1, 0.15) is 11.1 Å². The number of rotatable bonds is 4. The van der Waals surface area contributed by atoms with Crippen molar-refractivity contribution in [1.82, 2.24) is 9.55 Å². The summed E-state index contributed by atoms with van der Waals surface area (Å²) in [5, 5.41) is 0. The standard InChI is InChI=1S/C17H15FN2O/c1-12-6-7-14(18)8-13(12)9-15(21)10-20-11-19-16-4-2-3-5-17(16)20/h2-8,11H,9-10H2,1H3. The van der Waals surface area contributed by atoms with Crippen LogP contribution in [0.25, 0.3) is 11.0 Å². The number of carbonyl (C=O) groups excluding carboxylic acids is 1. The number of para-hydroxylation sites is 2. The molecule has 3 aromatic rings. The Morgan fingerprint density at radius 3 is 2.90 bits per heavy atom. The first-order valence-electron chi connectivity index (χ1n) is 6.80. The minimum absolute atomic E-state index is 0.0341. The number of imidazole rings is 1. The Labute approximate surface area is 122 Å². The quantitative estimate of drug-likeness (QED) is 0.736. The zero-order chi connectivity index (χ0) is 14.8. The van der Waals surface area contributed by atoms with E-state index < -0.39 is 0 Å². The molecule has 1 aromatic heterocycles. The fourth-order valence-electron chi connectivity index (χ4n) is 2.43. The number of fused-ring (bicyclic) bond motifs is 1. The average Bonchev–Trinajstić information content (AvgIpc) is 2.86. The molecule has 0 bridgehead atoms. The van der Waals surface area contributed by atoms with E-state index in [1.807, 2.05) is 35.8 Å². The smallest absolute Gasteiger partial charge is 0.156 e. The van der Waals surface area contributed by atoms with Crippen molar-refractivity contribution in [1.29, 1.82) is 0 Å². The van der Waals surface area contributed by atoms with E-state index in [9.17, 15) is 9.18 Å². The average molecular weight is 282 g/mol. The summed E-state index contributed by atoms with van der Waals surface area (Å²) in [6.45, 7) is 2.13. The molecular formula is C17H15FN2O. The van der Waals surface area contributed by atoms with Crippen LogP contribution >= 0.6 is 0 Å². The monoisotopic (exact) mass is 282 g/mol. The highest BCUT2D eigenvalue weighted by Crippen LogP contribution is 2.14. The Morgan fingerprint density at radius 2 is 2.05 bits per heavy atom. The van der Waals surface area contributed by atoms with Crippen LogP contribution in [0.4, 0.5) is 4.39 Å². The second kappa shape index (κ2) is 5.48. The van der Waals surface area contributed by atoms with E-state index in [-0.39, 0.29) is 24.6 Å². The number of hydrogen-bond donors (Lipinski definition) is 0. The molecule has 0 N–H and O–H groups in total. The van der Waals surface area contributed by atoms with Crippen LogP contribution in [-0.2, 0) is 17.8 Å². The van der Waals surface area contributed by atoms with Gasteiger partial charge >= 0.3 is 0 Å². The molecule has 21 heavy (non-hydrogen) atoms. The number of carbonyl (C=O) groups is 1. The van der Waals surface area contributed by atoms with E-state index in [0.717, 1.165) is 22.2 Å². The molecule has 3 rings (SSSR count). The van der Waals surface area contributed by atoms with Crippen LogP contribution < -0.4 is 0 Å². The highest BCUT2D eigenvalue weighted by atomic mass is 19.1. The predicted molar refractivity (Wildman–Crippen MR) is 79.6 cm³/mol. The topological polar surface area (TPSA) is 34.9 Å². The van der Waals surface area contributed by atoms with Crippen LogP contribution in [0, 0.1) is 12.7 Å². The zero-order valence-corrected chi connectivity index (χ0v) is 11.7. The number of Topliss-reactive ketones (excluding diaryl/α,β-unsaturated/α-hetero) is 1. The second-order valence-electron chi connectivity index (χ2n) is 5.15. The first kappa shape index (κ1) is 13.5. The molecule has 2 aromatic carbocycles. The molecule has 0 radical (unpaired) electrons. The van der Waals surface area contributed by atoms with Crippen LogP contribution in [0.2, 0.25) is 0 Å². The predicted octanol–water partition coefficient (Wildman–Crippen LogP) is 3.30. The lowest BCUT2D eigenvalue weighted by molar-refractivity contribution is -0.118. The lowest BCUT2D eigenvalue weighted by Crippen LogP contribution is -2.12. The third-order valence-electron chi connectivity index (χ3n) is 3.57. The summed E-state index contributed by atoms with van der Waals surface area (Å²) in [4.78, 5) is 16.5. The number of ketones is 1. The number of benzene rings is 2. The Kier molecular flexibility index (Phi) is 3.52. The molecule has 0 aliphatic heterocycles. The SMILES string of the molecule is Cc1ccc(F)cc1CC(=O)Cn1cnc2ccccc21. The Morgan fingerprint density at radius 1 is 1.24 bits per heavy atom. The maximum absolute atomic E-state index is 13.3. The highest BCUT2D eigenvalue weighted by Gasteiger charge is 2.10.